The molecule has 1 amide bonds. The monoisotopic (exact) mass is 373 g/mol. The molecule has 0 aliphatic heterocycles. The molecular formula is C18H10F3N3OS. The first kappa shape index (κ1) is 17.6. The molecule has 0 bridgehead atoms. The summed E-state index contributed by atoms with van der Waals surface area (Å²) in [5.74, 6) is -0.670. The number of thiazole rings is 1. The first-order valence-electron chi connectivity index (χ1n) is 7.31. The number of alkyl halides is 3. The predicted molar refractivity (Wildman–Crippen MR) is 91.7 cm³/mol. The fourth-order valence-electron chi connectivity index (χ4n) is 2.19. The van der Waals surface area contributed by atoms with E-state index in [9.17, 15) is 18.0 Å². The number of amides is 1. The highest BCUT2D eigenvalue weighted by Gasteiger charge is 2.30. The highest BCUT2D eigenvalue weighted by molar-refractivity contribution is 7.14. The van der Waals surface area contributed by atoms with Crippen LogP contribution in [-0.4, -0.2) is 10.9 Å². The Hall–Kier alpha value is -3.18. The Morgan fingerprint density at radius 1 is 1.15 bits per heavy atom. The van der Waals surface area contributed by atoms with E-state index < -0.39 is 17.6 Å². The Balaban J connectivity index is 1.76. The molecule has 0 fully saturated rings. The summed E-state index contributed by atoms with van der Waals surface area (Å²) in [5.41, 5.74) is 0.887. The standard InChI is InChI=1S/C18H10F3N3OS/c19-18(20,21)14-3-1-2-13(8-14)16(25)24-17-23-15(10-26-17)12-6-4-11(9-22)5-7-12/h1-8,10H,(H,23,24,25). The van der Waals surface area contributed by atoms with Gasteiger partial charge >= 0.3 is 6.18 Å². The minimum atomic E-state index is -4.51. The quantitative estimate of drug-likeness (QED) is 0.706. The smallest absolute Gasteiger partial charge is 0.298 e. The largest absolute Gasteiger partial charge is 0.416 e. The van der Waals surface area contributed by atoms with Crippen molar-refractivity contribution in [3.63, 3.8) is 0 Å². The van der Waals surface area contributed by atoms with Crippen LogP contribution in [0.4, 0.5) is 18.3 Å². The lowest BCUT2D eigenvalue weighted by Crippen LogP contribution is -2.13. The van der Waals surface area contributed by atoms with Crippen LogP contribution >= 0.6 is 11.3 Å². The van der Waals surface area contributed by atoms with E-state index in [-0.39, 0.29) is 10.7 Å². The molecule has 0 spiro atoms. The van der Waals surface area contributed by atoms with Crippen LogP contribution in [0, 0.1) is 11.3 Å². The minimum Gasteiger partial charge on any atom is -0.298 e. The number of hydrogen-bond donors (Lipinski definition) is 1. The average molecular weight is 373 g/mol. The molecule has 130 valence electrons. The van der Waals surface area contributed by atoms with Crippen molar-refractivity contribution in [2.45, 2.75) is 6.18 Å². The maximum absolute atomic E-state index is 12.7. The first-order chi connectivity index (χ1) is 12.4. The lowest BCUT2D eigenvalue weighted by Gasteiger charge is -2.08. The molecule has 3 rings (SSSR count). The number of halogens is 3. The summed E-state index contributed by atoms with van der Waals surface area (Å²) in [6.45, 7) is 0. The third-order valence-electron chi connectivity index (χ3n) is 3.49. The van der Waals surface area contributed by atoms with Crippen LogP contribution in [0.2, 0.25) is 0 Å². The van der Waals surface area contributed by atoms with E-state index in [1.807, 2.05) is 6.07 Å². The van der Waals surface area contributed by atoms with E-state index in [1.165, 1.54) is 12.1 Å². The number of carbonyl (C=O) groups excluding carboxylic acids is 1. The molecule has 0 aliphatic carbocycles. The number of nitrogens with zero attached hydrogens (tertiary/aromatic N) is 2. The molecule has 3 aromatic rings. The topological polar surface area (TPSA) is 65.8 Å². The number of benzene rings is 2. The van der Waals surface area contributed by atoms with Gasteiger partial charge in [0.25, 0.3) is 5.91 Å². The van der Waals surface area contributed by atoms with Gasteiger partial charge in [-0.1, -0.05) is 18.2 Å². The van der Waals surface area contributed by atoms with Crippen molar-refractivity contribution in [1.29, 1.82) is 5.26 Å². The van der Waals surface area contributed by atoms with Crippen molar-refractivity contribution in [3.05, 3.63) is 70.6 Å². The van der Waals surface area contributed by atoms with Crippen molar-refractivity contribution in [2.24, 2.45) is 0 Å². The van der Waals surface area contributed by atoms with Crippen molar-refractivity contribution in [3.8, 4) is 17.3 Å². The molecule has 0 aliphatic rings. The fraction of sp³-hybridized carbons (Fsp3) is 0.0556. The molecule has 2 aromatic carbocycles. The van der Waals surface area contributed by atoms with Crippen LogP contribution in [0.3, 0.4) is 0 Å². The Morgan fingerprint density at radius 3 is 2.54 bits per heavy atom. The average Bonchev–Trinajstić information content (AvgIpc) is 3.09. The molecule has 0 unspecified atom stereocenters. The summed E-state index contributed by atoms with van der Waals surface area (Å²) in [7, 11) is 0. The number of anilines is 1. The number of aromatic nitrogens is 1. The molecular weight excluding hydrogens is 363 g/mol. The van der Waals surface area contributed by atoms with Gasteiger partial charge in [-0.05, 0) is 30.3 Å². The van der Waals surface area contributed by atoms with Crippen LogP contribution < -0.4 is 5.32 Å². The molecule has 8 heteroatoms. The molecule has 1 N–H and O–H groups in total. The van der Waals surface area contributed by atoms with Gasteiger partial charge in [-0.25, -0.2) is 4.98 Å². The van der Waals surface area contributed by atoms with Crippen molar-refractivity contribution < 1.29 is 18.0 Å². The first-order valence-corrected chi connectivity index (χ1v) is 8.19. The maximum atomic E-state index is 12.7. The van der Waals surface area contributed by atoms with Gasteiger partial charge in [0, 0.05) is 16.5 Å². The molecule has 4 nitrogen and oxygen atoms in total. The number of rotatable bonds is 3. The lowest BCUT2D eigenvalue weighted by molar-refractivity contribution is -0.137. The van der Waals surface area contributed by atoms with Crippen molar-refractivity contribution >= 4 is 22.4 Å². The van der Waals surface area contributed by atoms with E-state index in [0.29, 0.717) is 11.3 Å². The molecule has 0 saturated heterocycles. The number of hydrogen-bond acceptors (Lipinski definition) is 4. The molecule has 26 heavy (non-hydrogen) atoms. The number of nitriles is 1. The maximum Gasteiger partial charge on any atom is 0.416 e. The summed E-state index contributed by atoms with van der Waals surface area (Å²) in [6, 6.07) is 13.0. The molecule has 1 aromatic heterocycles. The van der Waals surface area contributed by atoms with Gasteiger partial charge in [0.15, 0.2) is 5.13 Å². The van der Waals surface area contributed by atoms with Crippen LogP contribution in [0.5, 0.6) is 0 Å². The van der Waals surface area contributed by atoms with Crippen LogP contribution in [0.25, 0.3) is 11.3 Å². The normalized spacial score (nSPS) is 11.0. The zero-order valence-electron chi connectivity index (χ0n) is 13.0. The van der Waals surface area contributed by atoms with Crippen LogP contribution in [-0.2, 0) is 6.18 Å². The zero-order valence-corrected chi connectivity index (χ0v) is 13.9. The van der Waals surface area contributed by atoms with Crippen molar-refractivity contribution in [1.82, 2.24) is 4.98 Å². The number of nitrogens with one attached hydrogen (secondary N) is 1. The van der Waals surface area contributed by atoms with Gasteiger partial charge < -0.3 is 0 Å². The summed E-state index contributed by atoms with van der Waals surface area (Å²) >= 11 is 1.16. The van der Waals surface area contributed by atoms with Crippen molar-refractivity contribution in [2.75, 3.05) is 5.32 Å². The number of carbonyl (C=O) groups is 1. The predicted octanol–water partition coefficient (Wildman–Crippen LogP) is 4.95. The van der Waals surface area contributed by atoms with Gasteiger partial charge in [0.05, 0.1) is 22.9 Å². The SMILES string of the molecule is N#Cc1ccc(-c2csc(NC(=O)c3cccc(C(F)(F)F)c3)n2)cc1. The van der Waals surface area contributed by atoms with Crippen LogP contribution in [0.1, 0.15) is 21.5 Å². The Labute approximate surface area is 150 Å². The van der Waals surface area contributed by atoms with E-state index in [4.69, 9.17) is 5.26 Å². The Kier molecular flexibility index (Phi) is 4.73. The van der Waals surface area contributed by atoms with Gasteiger partial charge in [-0.2, -0.15) is 18.4 Å². The second-order valence-corrected chi connectivity index (χ2v) is 6.12. The minimum absolute atomic E-state index is 0.102. The van der Waals surface area contributed by atoms with Gasteiger partial charge in [0.2, 0.25) is 0 Å². The third kappa shape index (κ3) is 3.90. The summed E-state index contributed by atoms with van der Waals surface area (Å²) in [5, 5.41) is 13.3. The second kappa shape index (κ2) is 6.98. The van der Waals surface area contributed by atoms with Gasteiger partial charge in [-0.15, -0.1) is 11.3 Å². The highest BCUT2D eigenvalue weighted by atomic mass is 32.1. The van der Waals surface area contributed by atoms with Gasteiger partial charge in [-0.3, -0.25) is 10.1 Å². The molecule has 0 saturated carbocycles. The molecule has 0 atom stereocenters. The van der Waals surface area contributed by atoms with E-state index in [2.05, 4.69) is 10.3 Å². The zero-order chi connectivity index (χ0) is 18.7. The summed E-state index contributed by atoms with van der Waals surface area (Å²) in [6.07, 6.45) is -4.51. The van der Waals surface area contributed by atoms with Gasteiger partial charge in [0.1, 0.15) is 0 Å². The fourth-order valence-corrected chi connectivity index (χ4v) is 2.90. The van der Waals surface area contributed by atoms with E-state index >= 15 is 0 Å². The Morgan fingerprint density at radius 2 is 1.88 bits per heavy atom. The Bertz CT molecular complexity index is 988. The molecule has 0 radical (unpaired) electrons. The lowest BCUT2D eigenvalue weighted by atomic mass is 10.1. The summed E-state index contributed by atoms with van der Waals surface area (Å²) < 4.78 is 38.2. The third-order valence-corrected chi connectivity index (χ3v) is 4.24. The second-order valence-electron chi connectivity index (χ2n) is 5.26. The summed E-state index contributed by atoms with van der Waals surface area (Å²) in [4.78, 5) is 16.4. The molecule has 1 heterocycles. The van der Waals surface area contributed by atoms with E-state index in [0.717, 1.165) is 29.0 Å². The highest BCUT2D eigenvalue weighted by Crippen LogP contribution is 2.30. The van der Waals surface area contributed by atoms with Crippen LogP contribution in [0.15, 0.2) is 53.9 Å². The van der Waals surface area contributed by atoms with E-state index in [1.54, 1.807) is 29.6 Å².